The van der Waals surface area contributed by atoms with Crippen molar-refractivity contribution in [3.05, 3.63) is 189 Å². The third kappa shape index (κ3) is 5.67. The summed E-state index contributed by atoms with van der Waals surface area (Å²) in [7, 11) is 0. The van der Waals surface area contributed by atoms with Crippen LogP contribution < -0.4 is 0 Å². The third-order valence-electron chi connectivity index (χ3n) is 10.2. The van der Waals surface area contributed by atoms with Crippen LogP contribution in [0.2, 0.25) is 0 Å². The van der Waals surface area contributed by atoms with Crippen LogP contribution in [0.3, 0.4) is 0 Å². The van der Waals surface area contributed by atoms with E-state index in [2.05, 4.69) is 164 Å². The maximum atomic E-state index is 2.51. The minimum absolute atomic E-state index is 0. The van der Waals surface area contributed by atoms with E-state index in [0.717, 1.165) is 19.3 Å². The molecule has 0 saturated heterocycles. The predicted molar refractivity (Wildman–Crippen MR) is 208 cm³/mol. The summed E-state index contributed by atoms with van der Waals surface area (Å²) in [6.45, 7) is 0. The Morgan fingerprint density at radius 3 is 1.69 bits per heavy atom. The number of hydrogen-bond acceptors (Lipinski definition) is 0. The van der Waals surface area contributed by atoms with Crippen LogP contribution >= 0.6 is 24.8 Å². The van der Waals surface area contributed by atoms with Crippen LogP contribution in [0, 0.1) is 0 Å². The maximum absolute atomic E-state index is 2.68. The summed E-state index contributed by atoms with van der Waals surface area (Å²) < 4.78 is 3.94. The van der Waals surface area contributed by atoms with Gasteiger partial charge in [-0.15, -0.1) is 24.8 Å². The largest absolute Gasteiger partial charge is 0.147 e. The van der Waals surface area contributed by atoms with Gasteiger partial charge in [-0.05, 0) is 0 Å². The molecule has 0 bridgehead atoms. The van der Waals surface area contributed by atoms with Gasteiger partial charge in [-0.3, -0.25) is 0 Å². The van der Waals surface area contributed by atoms with Gasteiger partial charge in [0.2, 0.25) is 0 Å². The van der Waals surface area contributed by atoms with Crippen LogP contribution in [0.4, 0.5) is 0 Å². The first kappa shape index (κ1) is 32.7. The molecule has 0 saturated carbocycles. The molecule has 48 heavy (non-hydrogen) atoms. The molecular formula is C45H36Cl2Zr. The molecule has 0 N–H and O–H groups in total. The SMILES string of the molecule is C1=CC[C]([Zr](=[C](Cc2cccc3ccccc23)Cc2cccc3ccccc23)[CH]2c3ccccc3-c3ccc4ccccc4c32)=C1.Cl.Cl. The topological polar surface area (TPSA) is 0 Å². The van der Waals surface area contributed by atoms with Crippen molar-refractivity contribution in [2.75, 3.05) is 0 Å². The molecule has 2 aliphatic carbocycles. The molecule has 3 heteroatoms. The smallest absolute Gasteiger partial charge is 0.147 e. The van der Waals surface area contributed by atoms with Gasteiger partial charge in [-0.1, -0.05) is 0 Å². The van der Waals surface area contributed by atoms with Gasteiger partial charge in [0.1, 0.15) is 0 Å². The molecule has 0 heterocycles. The first-order chi connectivity index (χ1) is 22.8. The van der Waals surface area contributed by atoms with Crippen molar-refractivity contribution in [3.8, 4) is 11.1 Å². The van der Waals surface area contributed by atoms with Crippen molar-refractivity contribution < 1.29 is 21.3 Å². The van der Waals surface area contributed by atoms with Crippen molar-refractivity contribution in [1.29, 1.82) is 0 Å². The molecule has 7 aromatic carbocycles. The minimum atomic E-state index is -2.68. The van der Waals surface area contributed by atoms with Gasteiger partial charge in [0.15, 0.2) is 0 Å². The molecule has 0 aliphatic heterocycles. The molecule has 2 aliphatic rings. The average Bonchev–Trinajstić information content (AvgIpc) is 3.76. The summed E-state index contributed by atoms with van der Waals surface area (Å²) in [6, 6.07) is 54.9. The number of rotatable bonds is 6. The van der Waals surface area contributed by atoms with Crippen LogP contribution in [-0.2, 0) is 34.1 Å². The molecule has 0 spiro atoms. The number of hydrogen-bond donors (Lipinski definition) is 0. The van der Waals surface area contributed by atoms with Gasteiger partial charge in [-0.2, -0.15) is 0 Å². The molecule has 0 aromatic heterocycles. The van der Waals surface area contributed by atoms with E-state index in [1.54, 1.807) is 17.6 Å². The Morgan fingerprint density at radius 1 is 0.521 bits per heavy atom. The monoisotopic (exact) mass is 736 g/mol. The molecule has 0 fully saturated rings. The Bertz CT molecular complexity index is 2320. The standard InChI is InChI=1S/C23H18.C17H11.C5H5.2ClH.Zr/c1-3-16-22-18(8-1)10-5-12-20(22)14-7-15-21-13-6-11-19-9-2-4-17-23(19)21;1-3-7-14-12(5-1)9-10-16-15-8-4-2-6-13(15)11-17(14)16;1-2-4-5-3-1;;;/h1-6,8-13,16-17H,14-15H2;1-11H;1-3H,4H2;2*1H;. The van der Waals surface area contributed by atoms with E-state index >= 15 is 0 Å². The van der Waals surface area contributed by atoms with Crippen LogP contribution in [0.1, 0.15) is 32.3 Å². The predicted octanol–water partition coefficient (Wildman–Crippen LogP) is 12.2. The first-order valence-corrected chi connectivity index (χ1v) is 20.3. The number of allylic oxidation sites excluding steroid dienone is 4. The zero-order valence-corrected chi connectivity index (χ0v) is 30.7. The normalized spacial score (nSPS) is 14.2. The number of fused-ring (bicyclic) bond motifs is 7. The molecular weight excluding hydrogens is 703 g/mol. The molecule has 0 nitrogen and oxygen atoms in total. The van der Waals surface area contributed by atoms with E-state index in [-0.39, 0.29) is 24.8 Å². The Labute approximate surface area is 302 Å². The molecule has 0 amide bonds. The average molecular weight is 739 g/mol. The molecule has 234 valence electrons. The van der Waals surface area contributed by atoms with Crippen LogP contribution in [-0.4, -0.2) is 3.21 Å². The van der Waals surface area contributed by atoms with Gasteiger partial charge in [0.25, 0.3) is 0 Å². The van der Waals surface area contributed by atoms with Crippen LogP contribution in [0.5, 0.6) is 0 Å². The molecule has 9 rings (SSSR count). The van der Waals surface area contributed by atoms with E-state index < -0.39 is 21.3 Å². The number of benzene rings is 7. The Balaban J connectivity index is 0.00000182. The van der Waals surface area contributed by atoms with Gasteiger partial charge in [0.05, 0.1) is 0 Å². The summed E-state index contributed by atoms with van der Waals surface area (Å²) in [5.41, 5.74) is 8.93. The molecule has 1 unspecified atom stereocenters. The fourth-order valence-corrected chi connectivity index (χ4v) is 17.4. The summed E-state index contributed by atoms with van der Waals surface area (Å²) >= 11 is -2.68. The summed E-state index contributed by atoms with van der Waals surface area (Å²) in [5.74, 6) is 0. The maximum Gasteiger partial charge on any atom is -0.147 e. The van der Waals surface area contributed by atoms with E-state index in [4.69, 9.17) is 0 Å². The van der Waals surface area contributed by atoms with Crippen LogP contribution in [0.15, 0.2) is 167 Å². The van der Waals surface area contributed by atoms with Crippen molar-refractivity contribution in [2.24, 2.45) is 0 Å². The minimum Gasteiger partial charge on any atom is -0.147 e. The molecule has 7 aromatic rings. The fourth-order valence-electron chi connectivity index (χ4n) is 8.16. The zero-order chi connectivity index (χ0) is 30.5. The van der Waals surface area contributed by atoms with Crippen molar-refractivity contribution >= 4 is 60.3 Å². The van der Waals surface area contributed by atoms with Gasteiger partial charge >= 0.3 is 280 Å². The molecule has 1 atom stereocenters. The third-order valence-corrected chi connectivity index (χ3v) is 18.4. The van der Waals surface area contributed by atoms with E-state index in [0.29, 0.717) is 3.63 Å². The second-order valence-corrected chi connectivity index (χ2v) is 19.5. The summed E-state index contributed by atoms with van der Waals surface area (Å²) in [4.78, 5) is 0. The fraction of sp³-hybridized carbons (Fsp3) is 0.0889. The van der Waals surface area contributed by atoms with Crippen molar-refractivity contribution in [2.45, 2.75) is 22.9 Å². The first-order valence-electron chi connectivity index (χ1n) is 16.5. The van der Waals surface area contributed by atoms with E-state index in [9.17, 15) is 0 Å². The van der Waals surface area contributed by atoms with Crippen molar-refractivity contribution in [3.63, 3.8) is 0 Å². The Hall–Kier alpha value is -3.87. The van der Waals surface area contributed by atoms with E-state index in [1.165, 1.54) is 54.6 Å². The number of halogens is 2. The second kappa shape index (κ2) is 13.9. The van der Waals surface area contributed by atoms with Crippen molar-refractivity contribution in [1.82, 2.24) is 0 Å². The second-order valence-electron chi connectivity index (χ2n) is 12.7. The Kier molecular flexibility index (Phi) is 9.48. The van der Waals surface area contributed by atoms with Gasteiger partial charge in [-0.25, -0.2) is 0 Å². The van der Waals surface area contributed by atoms with E-state index in [1.807, 2.05) is 0 Å². The summed E-state index contributed by atoms with van der Waals surface area (Å²) in [5, 5.41) is 8.22. The Morgan fingerprint density at radius 2 is 1.06 bits per heavy atom. The van der Waals surface area contributed by atoms with Crippen LogP contribution in [0.25, 0.3) is 43.4 Å². The van der Waals surface area contributed by atoms with Gasteiger partial charge < -0.3 is 0 Å². The summed E-state index contributed by atoms with van der Waals surface area (Å²) in [6.07, 6.45) is 10.4. The molecule has 0 radical (unpaired) electrons. The van der Waals surface area contributed by atoms with Gasteiger partial charge in [0, 0.05) is 0 Å². The quantitative estimate of drug-likeness (QED) is 0.159. The zero-order valence-electron chi connectivity index (χ0n) is 26.6.